The van der Waals surface area contributed by atoms with Crippen molar-refractivity contribution >= 4 is 17.3 Å². The van der Waals surface area contributed by atoms with Crippen molar-refractivity contribution < 1.29 is 4.79 Å². The summed E-state index contributed by atoms with van der Waals surface area (Å²) in [7, 11) is 0. The van der Waals surface area contributed by atoms with E-state index in [9.17, 15) is 4.79 Å². The van der Waals surface area contributed by atoms with E-state index in [0.717, 1.165) is 36.4 Å². The smallest absolute Gasteiger partial charge is 0.231 e. The number of nitrogens with one attached hydrogen (secondary N) is 1. The second-order valence-corrected chi connectivity index (χ2v) is 5.22. The monoisotopic (exact) mass is 245 g/mol. The Hall–Kier alpha value is -1.55. The molecule has 2 aliphatic rings. The molecule has 1 aromatic rings. The summed E-state index contributed by atoms with van der Waals surface area (Å²) in [6, 6.07) is 6.20. The standard InChI is InChI=1S/C14H19N3O/c15-11-4-5-13-10(7-11)8-14(18)17(13)9-12-3-1-2-6-16-12/h4-5,7,12,16H,1-3,6,8-9,15H2. The molecule has 1 amide bonds. The lowest BCUT2D eigenvalue weighted by atomic mass is 10.0. The van der Waals surface area contributed by atoms with E-state index in [1.165, 1.54) is 12.8 Å². The molecule has 1 atom stereocenters. The first-order chi connectivity index (χ1) is 8.74. The number of carbonyl (C=O) groups excluding carboxylic acids is 1. The van der Waals surface area contributed by atoms with Crippen LogP contribution in [0.2, 0.25) is 0 Å². The summed E-state index contributed by atoms with van der Waals surface area (Å²) in [6.45, 7) is 1.86. The molecule has 1 saturated heterocycles. The third-order valence-corrected chi connectivity index (χ3v) is 3.85. The molecule has 2 heterocycles. The van der Waals surface area contributed by atoms with Crippen LogP contribution in [0.4, 0.5) is 11.4 Å². The van der Waals surface area contributed by atoms with Crippen molar-refractivity contribution in [2.24, 2.45) is 0 Å². The molecule has 1 aromatic carbocycles. The summed E-state index contributed by atoms with van der Waals surface area (Å²) in [5.41, 5.74) is 8.61. The van der Waals surface area contributed by atoms with E-state index in [1.54, 1.807) is 0 Å². The van der Waals surface area contributed by atoms with E-state index >= 15 is 0 Å². The minimum Gasteiger partial charge on any atom is -0.399 e. The van der Waals surface area contributed by atoms with Crippen LogP contribution >= 0.6 is 0 Å². The first-order valence-electron chi connectivity index (χ1n) is 6.66. The SMILES string of the molecule is Nc1ccc2c(c1)CC(=O)N2CC1CCCCN1. The Morgan fingerprint density at radius 3 is 3.06 bits per heavy atom. The maximum absolute atomic E-state index is 12.1. The molecule has 0 radical (unpaired) electrons. The van der Waals surface area contributed by atoms with Gasteiger partial charge in [0.25, 0.3) is 0 Å². The van der Waals surface area contributed by atoms with Gasteiger partial charge in [-0.25, -0.2) is 0 Å². The number of fused-ring (bicyclic) bond motifs is 1. The molecule has 3 rings (SSSR count). The summed E-state index contributed by atoms with van der Waals surface area (Å²) in [6.07, 6.45) is 4.16. The lowest BCUT2D eigenvalue weighted by Gasteiger charge is -2.28. The van der Waals surface area contributed by atoms with E-state index in [2.05, 4.69) is 5.32 Å². The molecule has 4 nitrogen and oxygen atoms in total. The molecule has 0 aromatic heterocycles. The van der Waals surface area contributed by atoms with Gasteiger partial charge < -0.3 is 16.0 Å². The van der Waals surface area contributed by atoms with Crippen LogP contribution in [0.1, 0.15) is 24.8 Å². The minimum atomic E-state index is 0.197. The Bertz CT molecular complexity index is 466. The number of rotatable bonds is 2. The van der Waals surface area contributed by atoms with E-state index in [1.807, 2.05) is 23.1 Å². The van der Waals surface area contributed by atoms with Crippen molar-refractivity contribution in [2.75, 3.05) is 23.7 Å². The third kappa shape index (κ3) is 2.08. The first kappa shape index (κ1) is 11.5. The Balaban J connectivity index is 1.78. The third-order valence-electron chi connectivity index (χ3n) is 3.85. The van der Waals surface area contributed by atoms with Gasteiger partial charge in [0.1, 0.15) is 0 Å². The molecule has 2 aliphatic heterocycles. The van der Waals surface area contributed by atoms with E-state index in [4.69, 9.17) is 5.73 Å². The molecule has 0 spiro atoms. The molecule has 96 valence electrons. The normalized spacial score (nSPS) is 23.2. The zero-order valence-electron chi connectivity index (χ0n) is 10.5. The van der Waals surface area contributed by atoms with Crippen LogP contribution in [0.25, 0.3) is 0 Å². The molecule has 1 fully saturated rings. The van der Waals surface area contributed by atoms with Gasteiger partial charge >= 0.3 is 0 Å². The first-order valence-corrected chi connectivity index (χ1v) is 6.66. The lowest BCUT2D eigenvalue weighted by molar-refractivity contribution is -0.117. The van der Waals surface area contributed by atoms with Crippen LogP contribution in [-0.4, -0.2) is 25.0 Å². The molecule has 0 aliphatic carbocycles. The molecular formula is C14H19N3O. The maximum atomic E-state index is 12.1. The van der Waals surface area contributed by atoms with Crippen LogP contribution in [0.3, 0.4) is 0 Å². The van der Waals surface area contributed by atoms with Gasteiger partial charge in [-0.1, -0.05) is 6.42 Å². The fourth-order valence-electron chi connectivity index (χ4n) is 2.90. The largest absolute Gasteiger partial charge is 0.399 e. The van der Waals surface area contributed by atoms with Crippen LogP contribution < -0.4 is 16.0 Å². The Morgan fingerprint density at radius 1 is 1.39 bits per heavy atom. The van der Waals surface area contributed by atoms with Gasteiger partial charge in [-0.05, 0) is 43.1 Å². The highest BCUT2D eigenvalue weighted by Gasteiger charge is 2.29. The lowest BCUT2D eigenvalue weighted by Crippen LogP contribution is -2.44. The van der Waals surface area contributed by atoms with Gasteiger partial charge in [0.15, 0.2) is 0 Å². The Labute approximate surface area is 107 Å². The highest BCUT2D eigenvalue weighted by Crippen LogP contribution is 2.30. The molecule has 0 bridgehead atoms. The number of nitrogens with zero attached hydrogens (tertiary/aromatic N) is 1. The number of hydrogen-bond acceptors (Lipinski definition) is 3. The summed E-state index contributed by atoms with van der Waals surface area (Å²) < 4.78 is 0. The molecule has 4 heteroatoms. The zero-order chi connectivity index (χ0) is 12.5. The van der Waals surface area contributed by atoms with Gasteiger partial charge in [0.2, 0.25) is 5.91 Å². The van der Waals surface area contributed by atoms with Crippen molar-refractivity contribution in [3.8, 4) is 0 Å². The van der Waals surface area contributed by atoms with Crippen molar-refractivity contribution in [1.29, 1.82) is 0 Å². The number of anilines is 2. The van der Waals surface area contributed by atoms with Crippen molar-refractivity contribution in [2.45, 2.75) is 31.7 Å². The van der Waals surface area contributed by atoms with Crippen molar-refractivity contribution in [3.63, 3.8) is 0 Å². The number of carbonyl (C=O) groups is 1. The van der Waals surface area contributed by atoms with Crippen LogP contribution in [-0.2, 0) is 11.2 Å². The van der Waals surface area contributed by atoms with E-state index in [0.29, 0.717) is 12.5 Å². The fraction of sp³-hybridized carbons (Fsp3) is 0.500. The van der Waals surface area contributed by atoms with Gasteiger partial charge in [0.05, 0.1) is 6.42 Å². The number of hydrogen-bond donors (Lipinski definition) is 2. The maximum Gasteiger partial charge on any atom is 0.231 e. The van der Waals surface area contributed by atoms with Crippen molar-refractivity contribution in [1.82, 2.24) is 5.32 Å². The minimum absolute atomic E-state index is 0.197. The Kier molecular flexibility index (Phi) is 2.96. The molecule has 3 N–H and O–H groups in total. The molecule has 1 unspecified atom stereocenters. The van der Waals surface area contributed by atoms with Crippen molar-refractivity contribution in [3.05, 3.63) is 23.8 Å². The number of piperidine rings is 1. The van der Waals surface area contributed by atoms with Gasteiger partial charge in [-0.2, -0.15) is 0 Å². The van der Waals surface area contributed by atoms with E-state index < -0.39 is 0 Å². The van der Waals surface area contributed by atoms with Gasteiger partial charge in [0, 0.05) is 24.0 Å². The molecular weight excluding hydrogens is 226 g/mol. The number of amides is 1. The number of nitrogen functional groups attached to an aromatic ring is 1. The molecule has 0 saturated carbocycles. The van der Waals surface area contributed by atoms with Gasteiger partial charge in [-0.3, -0.25) is 4.79 Å². The summed E-state index contributed by atoms with van der Waals surface area (Å²) in [5, 5.41) is 3.49. The number of benzene rings is 1. The van der Waals surface area contributed by atoms with Crippen LogP contribution in [0.15, 0.2) is 18.2 Å². The number of nitrogens with two attached hydrogens (primary N) is 1. The predicted molar refractivity (Wildman–Crippen MR) is 72.6 cm³/mol. The van der Waals surface area contributed by atoms with E-state index in [-0.39, 0.29) is 5.91 Å². The highest BCUT2D eigenvalue weighted by molar-refractivity contribution is 6.01. The quantitative estimate of drug-likeness (QED) is 0.772. The van der Waals surface area contributed by atoms with Crippen LogP contribution in [0.5, 0.6) is 0 Å². The molecule has 18 heavy (non-hydrogen) atoms. The Morgan fingerprint density at radius 2 is 2.28 bits per heavy atom. The van der Waals surface area contributed by atoms with Gasteiger partial charge in [-0.15, -0.1) is 0 Å². The second-order valence-electron chi connectivity index (χ2n) is 5.22. The van der Waals surface area contributed by atoms with Crippen LogP contribution in [0, 0.1) is 0 Å². The summed E-state index contributed by atoms with van der Waals surface area (Å²) in [4.78, 5) is 14.0. The summed E-state index contributed by atoms with van der Waals surface area (Å²) in [5.74, 6) is 0.197. The highest BCUT2D eigenvalue weighted by atomic mass is 16.2. The summed E-state index contributed by atoms with van der Waals surface area (Å²) >= 11 is 0. The average molecular weight is 245 g/mol. The predicted octanol–water partition coefficient (Wildman–Crippen LogP) is 1.30. The average Bonchev–Trinajstić information content (AvgIpc) is 2.66. The fourth-order valence-corrected chi connectivity index (χ4v) is 2.90. The second kappa shape index (κ2) is 4.61. The topological polar surface area (TPSA) is 58.4 Å². The zero-order valence-corrected chi connectivity index (χ0v) is 10.5.